The lowest BCUT2D eigenvalue weighted by Gasteiger charge is -2.33. The smallest absolute Gasteiger partial charge is 0.0674 e. The second kappa shape index (κ2) is 2.67. The third-order valence-electron chi connectivity index (χ3n) is 1.92. The molecule has 0 aromatic heterocycles. The van der Waals surface area contributed by atoms with Gasteiger partial charge in [-0.25, -0.2) is 0 Å². The van der Waals surface area contributed by atoms with Gasteiger partial charge in [0.1, 0.15) is 0 Å². The van der Waals surface area contributed by atoms with Crippen molar-refractivity contribution >= 4 is 0 Å². The van der Waals surface area contributed by atoms with Gasteiger partial charge in [-0.1, -0.05) is 0 Å². The van der Waals surface area contributed by atoms with Crippen molar-refractivity contribution in [1.82, 2.24) is 4.90 Å². The molecule has 0 bridgehead atoms. The monoisotopic (exact) mass is 129 g/mol. The SMILES string of the molecule is C[C@@H]1CN(C)[C@@H](C)CO1. The molecule has 0 aromatic carbocycles. The Balaban J connectivity index is 2.35. The van der Waals surface area contributed by atoms with Crippen LogP contribution in [0.5, 0.6) is 0 Å². The summed E-state index contributed by atoms with van der Waals surface area (Å²) in [5, 5.41) is 0. The van der Waals surface area contributed by atoms with Crippen LogP contribution < -0.4 is 0 Å². The van der Waals surface area contributed by atoms with Gasteiger partial charge in [-0.2, -0.15) is 0 Å². The van der Waals surface area contributed by atoms with Crippen molar-refractivity contribution in [2.24, 2.45) is 0 Å². The zero-order chi connectivity index (χ0) is 6.85. The fourth-order valence-electron chi connectivity index (χ4n) is 1.07. The Kier molecular flexibility index (Phi) is 2.09. The first-order chi connectivity index (χ1) is 4.20. The minimum atomic E-state index is 0.422. The van der Waals surface area contributed by atoms with Crippen LogP contribution in [0.15, 0.2) is 0 Å². The molecule has 1 aliphatic rings. The maximum absolute atomic E-state index is 5.42. The molecule has 0 saturated carbocycles. The summed E-state index contributed by atoms with van der Waals surface area (Å²) in [6.07, 6.45) is 0.422. The molecule has 1 aliphatic heterocycles. The first kappa shape index (κ1) is 7.03. The molecule has 1 fully saturated rings. The van der Waals surface area contributed by atoms with Crippen LogP contribution in [0, 0.1) is 0 Å². The predicted octanol–water partition coefficient (Wildman–Crippen LogP) is 0.725. The largest absolute Gasteiger partial charge is 0.376 e. The van der Waals surface area contributed by atoms with Crippen molar-refractivity contribution in [2.45, 2.75) is 26.0 Å². The third-order valence-corrected chi connectivity index (χ3v) is 1.92. The maximum Gasteiger partial charge on any atom is 0.0674 e. The molecule has 1 rings (SSSR count). The van der Waals surface area contributed by atoms with Crippen molar-refractivity contribution in [3.63, 3.8) is 0 Å². The number of morpholine rings is 1. The molecule has 2 heteroatoms. The average Bonchev–Trinajstić information content (AvgIpc) is 1.80. The molecule has 0 unspecified atom stereocenters. The number of nitrogens with zero attached hydrogens (tertiary/aromatic N) is 1. The van der Waals surface area contributed by atoms with E-state index in [9.17, 15) is 0 Å². The van der Waals surface area contributed by atoms with Gasteiger partial charge < -0.3 is 4.74 Å². The van der Waals surface area contributed by atoms with Crippen LogP contribution in [0.25, 0.3) is 0 Å². The summed E-state index contributed by atoms with van der Waals surface area (Å²) in [6.45, 7) is 6.26. The van der Waals surface area contributed by atoms with Crippen LogP contribution >= 0.6 is 0 Å². The summed E-state index contributed by atoms with van der Waals surface area (Å²) in [5.74, 6) is 0. The van der Waals surface area contributed by atoms with E-state index in [1.54, 1.807) is 0 Å². The predicted molar refractivity (Wildman–Crippen MR) is 37.5 cm³/mol. The van der Waals surface area contributed by atoms with E-state index in [0.29, 0.717) is 12.1 Å². The van der Waals surface area contributed by atoms with Gasteiger partial charge in [-0.05, 0) is 20.9 Å². The quantitative estimate of drug-likeness (QED) is 0.478. The van der Waals surface area contributed by atoms with Gasteiger partial charge in [0.15, 0.2) is 0 Å². The van der Waals surface area contributed by atoms with Crippen molar-refractivity contribution in [3.05, 3.63) is 0 Å². The lowest BCUT2D eigenvalue weighted by Crippen LogP contribution is -2.44. The van der Waals surface area contributed by atoms with E-state index in [4.69, 9.17) is 4.74 Å². The molecule has 0 N–H and O–H groups in total. The molecular formula is C7H15NO. The van der Waals surface area contributed by atoms with Crippen molar-refractivity contribution in [2.75, 3.05) is 20.2 Å². The minimum Gasteiger partial charge on any atom is -0.376 e. The third kappa shape index (κ3) is 1.66. The molecule has 2 atom stereocenters. The highest BCUT2D eigenvalue weighted by Crippen LogP contribution is 2.07. The lowest BCUT2D eigenvalue weighted by atomic mass is 10.2. The second-order valence-corrected chi connectivity index (χ2v) is 2.93. The van der Waals surface area contributed by atoms with E-state index in [-0.39, 0.29) is 0 Å². The van der Waals surface area contributed by atoms with Crippen LogP contribution in [0.1, 0.15) is 13.8 Å². The summed E-state index contributed by atoms with van der Waals surface area (Å²) in [7, 11) is 2.14. The molecule has 54 valence electrons. The number of ether oxygens (including phenoxy) is 1. The molecule has 9 heavy (non-hydrogen) atoms. The van der Waals surface area contributed by atoms with E-state index in [1.807, 2.05) is 0 Å². The summed E-state index contributed by atoms with van der Waals surface area (Å²) in [4.78, 5) is 2.33. The number of hydrogen-bond donors (Lipinski definition) is 0. The van der Waals surface area contributed by atoms with Crippen LogP contribution in [0.2, 0.25) is 0 Å². The van der Waals surface area contributed by atoms with Gasteiger partial charge >= 0.3 is 0 Å². The van der Waals surface area contributed by atoms with Crippen molar-refractivity contribution < 1.29 is 4.74 Å². The maximum atomic E-state index is 5.42. The first-order valence-corrected chi connectivity index (χ1v) is 3.52. The molecule has 0 radical (unpaired) electrons. The Bertz CT molecular complexity index is 94.9. The van der Waals surface area contributed by atoms with E-state index < -0.39 is 0 Å². The zero-order valence-corrected chi connectivity index (χ0v) is 6.42. The minimum absolute atomic E-state index is 0.422. The van der Waals surface area contributed by atoms with Crippen LogP contribution in [0.4, 0.5) is 0 Å². The van der Waals surface area contributed by atoms with Crippen LogP contribution in [0.3, 0.4) is 0 Å². The van der Waals surface area contributed by atoms with E-state index >= 15 is 0 Å². The summed E-state index contributed by atoms with van der Waals surface area (Å²) in [6, 6.07) is 0.598. The van der Waals surface area contributed by atoms with Gasteiger partial charge in [0.25, 0.3) is 0 Å². The van der Waals surface area contributed by atoms with E-state index in [2.05, 4.69) is 25.8 Å². The molecule has 0 aromatic rings. The van der Waals surface area contributed by atoms with Crippen LogP contribution in [-0.4, -0.2) is 37.2 Å². The van der Waals surface area contributed by atoms with E-state index in [0.717, 1.165) is 13.2 Å². The van der Waals surface area contributed by atoms with Crippen LogP contribution in [-0.2, 0) is 4.74 Å². The van der Waals surface area contributed by atoms with E-state index in [1.165, 1.54) is 0 Å². The molecule has 2 nitrogen and oxygen atoms in total. The number of likely N-dealkylation sites (N-methyl/N-ethyl adjacent to an activating group) is 1. The van der Waals surface area contributed by atoms with Gasteiger partial charge in [0, 0.05) is 12.6 Å². The normalized spacial score (nSPS) is 39.0. The highest BCUT2D eigenvalue weighted by atomic mass is 16.5. The number of hydrogen-bond acceptors (Lipinski definition) is 2. The standard InChI is InChI=1S/C7H15NO/c1-6-5-9-7(2)4-8(6)3/h6-7H,4-5H2,1-3H3/t6-,7+/m0/s1. The van der Waals surface area contributed by atoms with Crippen molar-refractivity contribution in [1.29, 1.82) is 0 Å². The molecule has 0 aliphatic carbocycles. The zero-order valence-electron chi connectivity index (χ0n) is 6.42. The molecule has 1 saturated heterocycles. The number of rotatable bonds is 0. The molecule has 0 amide bonds. The lowest BCUT2D eigenvalue weighted by molar-refractivity contribution is -0.0388. The Hall–Kier alpha value is -0.0800. The summed E-state index contributed by atoms with van der Waals surface area (Å²) < 4.78 is 5.42. The highest BCUT2D eigenvalue weighted by Gasteiger charge is 2.18. The Morgan fingerprint density at radius 1 is 1.44 bits per heavy atom. The first-order valence-electron chi connectivity index (χ1n) is 3.52. The van der Waals surface area contributed by atoms with Gasteiger partial charge in [0.2, 0.25) is 0 Å². The van der Waals surface area contributed by atoms with Gasteiger partial charge in [-0.15, -0.1) is 0 Å². The summed E-state index contributed by atoms with van der Waals surface area (Å²) in [5.41, 5.74) is 0. The molecule has 0 spiro atoms. The fraction of sp³-hybridized carbons (Fsp3) is 1.00. The van der Waals surface area contributed by atoms with Gasteiger partial charge in [0.05, 0.1) is 12.7 Å². The highest BCUT2D eigenvalue weighted by molar-refractivity contribution is 4.71. The Morgan fingerprint density at radius 3 is 2.56 bits per heavy atom. The topological polar surface area (TPSA) is 12.5 Å². The van der Waals surface area contributed by atoms with Gasteiger partial charge in [-0.3, -0.25) is 4.90 Å². The Morgan fingerprint density at radius 2 is 2.11 bits per heavy atom. The second-order valence-electron chi connectivity index (χ2n) is 2.93. The molecule has 1 heterocycles. The fourth-order valence-corrected chi connectivity index (χ4v) is 1.07. The Labute approximate surface area is 56.8 Å². The average molecular weight is 129 g/mol. The van der Waals surface area contributed by atoms with Crippen molar-refractivity contribution in [3.8, 4) is 0 Å². The summed E-state index contributed by atoms with van der Waals surface area (Å²) >= 11 is 0. The molecular weight excluding hydrogens is 114 g/mol.